The van der Waals surface area contributed by atoms with Gasteiger partial charge in [-0.3, -0.25) is 14.9 Å². The fraction of sp³-hybridized carbons (Fsp3) is 0.673. The third-order valence-electron chi connectivity index (χ3n) is 14.9. The molecule has 2 aliphatic carbocycles. The Balaban J connectivity index is 1.12. The summed E-state index contributed by atoms with van der Waals surface area (Å²) in [6.45, 7) is 9.46. The second kappa shape index (κ2) is 31.7. The number of allylic oxidation sites excluding steroid dienone is 2. The summed E-state index contributed by atoms with van der Waals surface area (Å²) >= 11 is 2.83. The molecule has 4 saturated heterocycles. The Morgan fingerprint density at radius 1 is 0.869 bits per heavy atom. The average molecular weight is 1370 g/mol. The fourth-order valence-electron chi connectivity index (χ4n) is 10.7. The summed E-state index contributed by atoms with van der Waals surface area (Å²) in [6.07, 6.45) is -12.8. The van der Waals surface area contributed by atoms with Crippen LogP contribution in [0.15, 0.2) is 35.1 Å². The van der Waals surface area contributed by atoms with Crippen LogP contribution in [0.4, 0.5) is 4.79 Å². The van der Waals surface area contributed by atoms with Gasteiger partial charge in [0.1, 0.15) is 36.6 Å². The Bertz CT molecular complexity index is 2660. The lowest BCUT2D eigenvalue weighted by atomic mass is 9.74. The molecule has 4 fully saturated rings. The standard InChI is InChI=1S/C55H76IN3O21S4/c1-12-57-30-24-73-35(22-34(30)68-6)78-48-43(63)40(26(3)75-53(48)77-33-17-15-13-14-16-19-55(67)23-32(61)41(58-54(66)72-10)38(33)29(55)18-20-82-84-81-11)59-80-36-21-31(60)50(28(5)74-36)83-51(65)37-25(2)39(56)46(49(71-9)45(37)69-7)79-52-44(64)47(70-8)42(62)27(4)76-52/h13-14,18,26-28,30-36,40,42-44,47-48,50,52-53,57,59-64,67H,12,20-24H2,1-11H3,(H,58,66)/b14-13-,29-18+/t26-,27+,28-,30+,31+,32-,33-,34+,35+,36+,40-,42+,43+,44-,47-,48-,50-,52+,53+,55+/m1/s1. The van der Waals surface area contributed by atoms with Gasteiger partial charge >= 0.3 is 6.09 Å². The Morgan fingerprint density at radius 3 is 2.26 bits per heavy atom. The Hall–Kier alpha value is -2.65. The monoisotopic (exact) mass is 1370 g/mol. The number of hydrogen-bond acceptors (Lipinski definition) is 27. The zero-order chi connectivity index (χ0) is 61.2. The quantitative estimate of drug-likeness (QED) is 0.0265. The number of rotatable bonds is 22. The minimum Gasteiger partial charge on any atom is -0.492 e. The van der Waals surface area contributed by atoms with Crippen molar-refractivity contribution >= 4 is 77.0 Å². The normalized spacial score (nSPS) is 36.8. The summed E-state index contributed by atoms with van der Waals surface area (Å²) < 4.78 is 72.7. The molecular weight excluding hydrogens is 1290 g/mol. The Kier molecular flexibility index (Phi) is 26.0. The number of aliphatic hydroxyl groups excluding tert-OH is 5. The molecule has 9 N–H and O–H groups in total. The molecule has 468 valence electrons. The van der Waals surface area contributed by atoms with E-state index < -0.39 is 120 Å². The smallest absolute Gasteiger partial charge is 0.411 e. The van der Waals surface area contributed by atoms with Gasteiger partial charge < -0.3 is 92.8 Å². The number of thioether (sulfide) groups is 1. The summed E-state index contributed by atoms with van der Waals surface area (Å²) in [5.41, 5.74) is 1.77. The minimum absolute atomic E-state index is 0.0300. The molecule has 1 amide bonds. The summed E-state index contributed by atoms with van der Waals surface area (Å²) in [7, 11) is 11.4. The van der Waals surface area contributed by atoms with Gasteiger partial charge in [0, 0.05) is 50.4 Å². The van der Waals surface area contributed by atoms with E-state index in [-0.39, 0.29) is 77.7 Å². The topological polar surface area (TPSA) is 312 Å². The molecule has 0 saturated carbocycles. The molecule has 20 atom stereocenters. The SMILES string of the molecule is CCN[C@H]1CO[C@@H](O[C@H]2[C@H](O[C@@H]3C#C/C=C\C#C[C@]4(O)C[C@@H](O)C(NC(=O)OC)=C3/C4=C\CSSSC)O[C@H](C)[C@@H](NO[C@H]3C[C@H](O)[C@H](SC(=O)c4c(C)c(I)c(O[C@@H]5O[C@@H](C)[C@H](O)[C@@H](OC)[C@H]5O)c(OC)c4OC)[C@@H](C)O3)[C@@H]2O)C[C@@H]1OC. The first-order valence-corrected chi connectivity index (χ1v) is 33.1. The molecule has 84 heavy (non-hydrogen) atoms. The molecule has 29 heteroatoms. The first-order valence-electron chi connectivity index (χ1n) is 27.0. The Labute approximate surface area is 518 Å². The van der Waals surface area contributed by atoms with Crippen LogP contribution in [0.1, 0.15) is 62.9 Å². The zero-order valence-electron chi connectivity index (χ0n) is 48.3. The van der Waals surface area contributed by atoms with Crippen LogP contribution in [-0.4, -0.2) is 224 Å². The molecule has 4 heterocycles. The van der Waals surface area contributed by atoms with Crippen molar-refractivity contribution in [2.24, 2.45) is 0 Å². The first-order chi connectivity index (χ1) is 40.2. The molecule has 0 unspecified atom stereocenters. The number of ether oxygens (including phenoxy) is 12. The van der Waals surface area contributed by atoms with E-state index in [0.717, 1.165) is 11.8 Å². The predicted octanol–water partition coefficient (Wildman–Crippen LogP) is 2.99. The minimum atomic E-state index is -1.95. The number of benzene rings is 1. The van der Waals surface area contributed by atoms with Crippen molar-refractivity contribution in [3.05, 3.63) is 49.8 Å². The molecule has 0 radical (unpaired) electrons. The number of hydrogen-bond donors (Lipinski definition) is 9. The van der Waals surface area contributed by atoms with E-state index in [1.54, 1.807) is 40.9 Å². The number of halogens is 1. The molecule has 4 aliphatic heterocycles. The second-order valence-electron chi connectivity index (χ2n) is 20.2. The van der Waals surface area contributed by atoms with Gasteiger partial charge in [0.25, 0.3) is 0 Å². The summed E-state index contributed by atoms with van der Waals surface area (Å²) in [4.78, 5) is 33.5. The highest BCUT2D eigenvalue weighted by Crippen LogP contribution is 2.49. The molecular formula is C55H76IN3O21S4. The van der Waals surface area contributed by atoms with E-state index in [1.807, 2.05) is 35.8 Å². The third kappa shape index (κ3) is 15.8. The van der Waals surface area contributed by atoms with Crippen molar-refractivity contribution in [3.63, 3.8) is 0 Å². The van der Waals surface area contributed by atoms with E-state index in [9.17, 15) is 40.2 Å². The van der Waals surface area contributed by atoms with Crippen molar-refractivity contribution in [3.8, 4) is 40.9 Å². The molecule has 1 aromatic rings. The van der Waals surface area contributed by atoms with Gasteiger partial charge in [-0.15, -0.1) is 0 Å². The maximum atomic E-state index is 14.4. The van der Waals surface area contributed by atoms with E-state index in [2.05, 4.69) is 39.8 Å². The van der Waals surface area contributed by atoms with Crippen LogP contribution in [0, 0.1) is 34.2 Å². The lowest BCUT2D eigenvalue weighted by molar-refractivity contribution is -0.336. The number of fused-ring (bicyclic) bond motifs is 2. The summed E-state index contributed by atoms with van der Waals surface area (Å²) in [6, 6.07) is -1.24. The van der Waals surface area contributed by atoms with Crippen molar-refractivity contribution in [1.82, 2.24) is 16.1 Å². The molecule has 24 nitrogen and oxygen atoms in total. The van der Waals surface area contributed by atoms with Crippen molar-refractivity contribution in [2.45, 2.75) is 175 Å². The number of aliphatic hydroxyl groups is 6. The number of methoxy groups -OCH3 is 5. The molecule has 7 rings (SSSR count). The highest BCUT2D eigenvalue weighted by Gasteiger charge is 2.52. The van der Waals surface area contributed by atoms with Crippen LogP contribution >= 0.6 is 65.8 Å². The number of likely N-dealkylation sites (N-methyl/N-ethyl adjacent to an activating group) is 1. The van der Waals surface area contributed by atoms with Gasteiger partial charge in [0.05, 0.1) is 96.7 Å². The van der Waals surface area contributed by atoms with Crippen molar-refractivity contribution in [2.75, 3.05) is 60.7 Å². The number of hydroxylamine groups is 1. The number of nitrogens with one attached hydrogen (secondary N) is 3. The largest absolute Gasteiger partial charge is 0.492 e. The average Bonchev–Trinajstić information content (AvgIpc) is 1.36. The predicted molar refractivity (Wildman–Crippen MR) is 321 cm³/mol. The van der Waals surface area contributed by atoms with Gasteiger partial charge in [-0.1, -0.05) is 70.0 Å². The van der Waals surface area contributed by atoms with E-state index in [4.69, 9.17) is 61.7 Å². The fourth-order valence-corrected chi connectivity index (χ4v) is 14.8. The highest BCUT2D eigenvalue weighted by molar-refractivity contribution is 14.1. The number of carbonyl (C=O) groups excluding carboxylic acids is 2. The molecule has 6 aliphatic rings. The molecule has 0 spiro atoms. The lowest BCUT2D eigenvalue weighted by Gasteiger charge is -2.47. The van der Waals surface area contributed by atoms with Gasteiger partial charge in [-0.2, -0.15) is 5.48 Å². The van der Waals surface area contributed by atoms with Crippen LogP contribution in [0.3, 0.4) is 0 Å². The van der Waals surface area contributed by atoms with Crippen LogP contribution in [0.2, 0.25) is 0 Å². The summed E-state index contributed by atoms with van der Waals surface area (Å²) in [5.74, 6) is 12.2. The van der Waals surface area contributed by atoms with Crippen molar-refractivity contribution in [1.29, 1.82) is 0 Å². The molecule has 2 bridgehead atoms. The van der Waals surface area contributed by atoms with Gasteiger partial charge in [0.2, 0.25) is 17.2 Å². The van der Waals surface area contributed by atoms with Crippen LogP contribution in [-0.2, 0) is 47.5 Å². The molecule has 1 aromatic carbocycles. The first kappa shape index (κ1) is 68.8. The van der Waals surface area contributed by atoms with E-state index in [1.165, 1.54) is 72.0 Å². The second-order valence-corrected chi connectivity index (χ2v) is 26.8. The van der Waals surface area contributed by atoms with Crippen LogP contribution in [0.25, 0.3) is 0 Å². The van der Waals surface area contributed by atoms with Gasteiger partial charge in [-0.25, -0.2) is 4.79 Å². The number of alkyl carbamates (subject to hydrolysis) is 1. The zero-order valence-corrected chi connectivity index (χ0v) is 53.7. The van der Waals surface area contributed by atoms with E-state index >= 15 is 0 Å². The third-order valence-corrected chi connectivity index (χ3v) is 21.3. The summed E-state index contributed by atoms with van der Waals surface area (Å²) in [5, 5.41) is 74.6. The van der Waals surface area contributed by atoms with E-state index in [0.29, 0.717) is 21.4 Å². The Morgan fingerprint density at radius 2 is 1.60 bits per heavy atom. The number of amides is 1. The number of carbonyl (C=O) groups is 2. The highest BCUT2D eigenvalue weighted by atomic mass is 127. The maximum Gasteiger partial charge on any atom is 0.411 e. The molecule has 0 aromatic heterocycles. The van der Waals surface area contributed by atoms with Gasteiger partial charge in [0.15, 0.2) is 36.0 Å². The van der Waals surface area contributed by atoms with Gasteiger partial charge in [-0.05, 0) is 90.6 Å². The maximum absolute atomic E-state index is 14.4. The van der Waals surface area contributed by atoms with Crippen LogP contribution < -0.4 is 30.3 Å². The lowest BCUT2D eigenvalue weighted by Crippen LogP contribution is -2.65. The van der Waals surface area contributed by atoms with Crippen LogP contribution in [0.5, 0.6) is 17.2 Å². The van der Waals surface area contributed by atoms with Crippen molar-refractivity contribution < 1.29 is 102 Å².